The summed E-state index contributed by atoms with van der Waals surface area (Å²) in [5.41, 5.74) is 0.278. The number of rotatable bonds is 4. The summed E-state index contributed by atoms with van der Waals surface area (Å²) in [5, 5.41) is 5.89. The SMILES string of the molecule is CNc1ncc2cc(-c3cc(NC(=O)c4ccc(C(F)(F)F)c(F)c4F)ccc3C)cnc2n1. The Morgan fingerprint density at radius 2 is 1.74 bits per heavy atom. The number of carbonyl (C=O) groups is 1. The van der Waals surface area contributed by atoms with E-state index in [9.17, 15) is 26.7 Å². The maximum Gasteiger partial charge on any atom is 0.419 e. The molecule has 0 aliphatic rings. The lowest BCUT2D eigenvalue weighted by atomic mass is 10.0. The molecule has 0 bridgehead atoms. The van der Waals surface area contributed by atoms with Crippen LogP contribution in [0.15, 0.2) is 48.8 Å². The molecule has 0 atom stereocenters. The van der Waals surface area contributed by atoms with Crippen LogP contribution in [0.4, 0.5) is 33.6 Å². The Hall–Kier alpha value is -4.15. The summed E-state index contributed by atoms with van der Waals surface area (Å²) in [7, 11) is 1.68. The highest BCUT2D eigenvalue weighted by molar-refractivity contribution is 6.05. The molecule has 0 spiro atoms. The number of anilines is 2. The second-order valence-corrected chi connectivity index (χ2v) is 7.35. The Kier molecular flexibility index (Phi) is 5.86. The predicted molar refractivity (Wildman–Crippen MR) is 116 cm³/mol. The van der Waals surface area contributed by atoms with Crippen LogP contribution in [-0.4, -0.2) is 27.9 Å². The van der Waals surface area contributed by atoms with Gasteiger partial charge in [-0.25, -0.2) is 18.7 Å². The van der Waals surface area contributed by atoms with Gasteiger partial charge in [0.15, 0.2) is 17.3 Å². The molecule has 174 valence electrons. The number of hydrogen-bond acceptors (Lipinski definition) is 5. The molecule has 0 aliphatic carbocycles. The van der Waals surface area contributed by atoms with Gasteiger partial charge in [0, 0.05) is 36.1 Å². The second-order valence-electron chi connectivity index (χ2n) is 7.35. The molecule has 2 heterocycles. The molecule has 0 saturated heterocycles. The van der Waals surface area contributed by atoms with Crippen LogP contribution in [0, 0.1) is 18.6 Å². The highest BCUT2D eigenvalue weighted by Gasteiger charge is 2.36. The molecule has 4 rings (SSSR count). The predicted octanol–water partition coefficient (Wildman–Crippen LogP) is 5.59. The largest absolute Gasteiger partial charge is 0.419 e. The van der Waals surface area contributed by atoms with Gasteiger partial charge in [0.2, 0.25) is 5.95 Å². The Morgan fingerprint density at radius 1 is 0.971 bits per heavy atom. The van der Waals surface area contributed by atoms with Crippen molar-refractivity contribution < 1.29 is 26.7 Å². The first-order chi connectivity index (χ1) is 16.1. The molecule has 0 aliphatic heterocycles. The normalized spacial score (nSPS) is 11.5. The van der Waals surface area contributed by atoms with Crippen LogP contribution in [0.5, 0.6) is 0 Å². The third kappa shape index (κ3) is 4.36. The number of amides is 1. The van der Waals surface area contributed by atoms with Crippen molar-refractivity contribution in [2.24, 2.45) is 0 Å². The number of pyridine rings is 1. The third-order valence-corrected chi connectivity index (χ3v) is 5.10. The number of nitrogens with one attached hydrogen (secondary N) is 2. The average molecular weight is 473 g/mol. The van der Waals surface area contributed by atoms with E-state index in [1.165, 1.54) is 6.07 Å². The minimum absolute atomic E-state index is 0.229. The zero-order valence-corrected chi connectivity index (χ0v) is 17.8. The molecule has 6 nitrogen and oxygen atoms in total. The minimum Gasteiger partial charge on any atom is -0.357 e. The van der Waals surface area contributed by atoms with Crippen molar-refractivity contribution >= 4 is 28.6 Å². The van der Waals surface area contributed by atoms with Crippen LogP contribution < -0.4 is 10.6 Å². The van der Waals surface area contributed by atoms with E-state index in [4.69, 9.17) is 0 Å². The molecule has 4 aromatic rings. The van der Waals surface area contributed by atoms with Crippen molar-refractivity contribution in [2.75, 3.05) is 17.7 Å². The lowest BCUT2D eigenvalue weighted by molar-refractivity contribution is -0.140. The second kappa shape index (κ2) is 8.65. The number of nitrogens with zero attached hydrogens (tertiary/aromatic N) is 3. The number of benzene rings is 2. The maximum atomic E-state index is 14.2. The van der Waals surface area contributed by atoms with Gasteiger partial charge in [-0.15, -0.1) is 0 Å². The fourth-order valence-electron chi connectivity index (χ4n) is 3.34. The molecule has 2 N–H and O–H groups in total. The van der Waals surface area contributed by atoms with E-state index < -0.39 is 34.8 Å². The Labute approximate surface area is 189 Å². The molecule has 2 aromatic heterocycles. The van der Waals surface area contributed by atoms with Gasteiger partial charge in [-0.05, 0) is 48.4 Å². The van der Waals surface area contributed by atoms with Crippen LogP contribution >= 0.6 is 0 Å². The zero-order chi connectivity index (χ0) is 24.6. The third-order valence-electron chi connectivity index (χ3n) is 5.10. The number of aromatic nitrogens is 3. The van der Waals surface area contributed by atoms with Gasteiger partial charge in [0.25, 0.3) is 5.91 Å². The van der Waals surface area contributed by atoms with E-state index in [1.54, 1.807) is 37.6 Å². The highest BCUT2D eigenvalue weighted by Crippen LogP contribution is 2.33. The summed E-state index contributed by atoms with van der Waals surface area (Å²) in [6, 6.07) is 7.55. The summed E-state index contributed by atoms with van der Waals surface area (Å²) in [6.45, 7) is 1.83. The lowest BCUT2D eigenvalue weighted by Gasteiger charge is -2.13. The molecular formula is C23H16F5N5O. The Bertz CT molecular complexity index is 1420. The zero-order valence-electron chi connectivity index (χ0n) is 17.8. The van der Waals surface area contributed by atoms with E-state index >= 15 is 0 Å². The molecule has 0 radical (unpaired) electrons. The number of halogens is 5. The fraction of sp³-hybridized carbons (Fsp3) is 0.130. The lowest BCUT2D eigenvalue weighted by Crippen LogP contribution is -2.17. The number of carbonyl (C=O) groups excluding carboxylic acids is 1. The molecule has 0 fully saturated rings. The van der Waals surface area contributed by atoms with Crippen LogP contribution in [0.1, 0.15) is 21.5 Å². The van der Waals surface area contributed by atoms with E-state index in [1.807, 2.05) is 6.92 Å². The van der Waals surface area contributed by atoms with Gasteiger partial charge in [-0.3, -0.25) is 4.79 Å². The van der Waals surface area contributed by atoms with Crippen LogP contribution in [-0.2, 0) is 6.18 Å². The van der Waals surface area contributed by atoms with Gasteiger partial charge in [0.1, 0.15) is 0 Å². The highest BCUT2D eigenvalue weighted by atomic mass is 19.4. The number of fused-ring (bicyclic) bond motifs is 1. The van der Waals surface area contributed by atoms with Crippen LogP contribution in [0.2, 0.25) is 0 Å². The van der Waals surface area contributed by atoms with Crippen molar-refractivity contribution in [1.82, 2.24) is 15.0 Å². The molecule has 11 heteroatoms. The van der Waals surface area contributed by atoms with Crippen molar-refractivity contribution in [3.05, 3.63) is 77.1 Å². The minimum atomic E-state index is -5.08. The Balaban J connectivity index is 1.65. The summed E-state index contributed by atoms with van der Waals surface area (Å²) in [4.78, 5) is 25.2. The van der Waals surface area contributed by atoms with Crippen molar-refractivity contribution in [1.29, 1.82) is 0 Å². The Morgan fingerprint density at radius 3 is 2.44 bits per heavy atom. The number of aryl methyl sites for hydroxylation is 1. The quantitative estimate of drug-likeness (QED) is 0.378. The summed E-state index contributed by atoms with van der Waals surface area (Å²) < 4.78 is 66.4. The summed E-state index contributed by atoms with van der Waals surface area (Å²) in [5.74, 6) is -4.68. The monoisotopic (exact) mass is 473 g/mol. The smallest absolute Gasteiger partial charge is 0.357 e. The molecular weight excluding hydrogens is 457 g/mol. The van der Waals surface area contributed by atoms with E-state index in [0.717, 1.165) is 5.56 Å². The number of alkyl halides is 3. The number of hydrogen-bond donors (Lipinski definition) is 2. The molecule has 2 aromatic carbocycles. The standard InChI is InChI=1S/C23H16F5N5O/c1-11-3-4-14(32-21(34)15-5-6-17(23(26,27)28)19(25)18(15)24)8-16(11)12-7-13-10-31-22(29-2)33-20(13)30-9-12/h3-10H,1-2H3,(H,32,34)(H,29,30,31,33). The summed E-state index contributed by atoms with van der Waals surface area (Å²) in [6.07, 6.45) is -1.89. The van der Waals surface area contributed by atoms with E-state index in [2.05, 4.69) is 25.6 Å². The first kappa shape index (κ1) is 23.0. The van der Waals surface area contributed by atoms with E-state index in [0.29, 0.717) is 40.2 Å². The average Bonchev–Trinajstić information content (AvgIpc) is 2.80. The molecule has 0 saturated carbocycles. The molecule has 0 unspecified atom stereocenters. The van der Waals surface area contributed by atoms with Crippen molar-refractivity contribution in [3.8, 4) is 11.1 Å². The van der Waals surface area contributed by atoms with Gasteiger partial charge in [-0.2, -0.15) is 18.2 Å². The molecule has 1 amide bonds. The van der Waals surface area contributed by atoms with Gasteiger partial charge < -0.3 is 10.6 Å². The van der Waals surface area contributed by atoms with Crippen molar-refractivity contribution in [3.63, 3.8) is 0 Å². The van der Waals surface area contributed by atoms with Gasteiger partial charge >= 0.3 is 6.18 Å². The van der Waals surface area contributed by atoms with Crippen LogP contribution in [0.3, 0.4) is 0 Å². The van der Waals surface area contributed by atoms with Crippen LogP contribution in [0.25, 0.3) is 22.2 Å². The maximum absolute atomic E-state index is 14.2. The van der Waals surface area contributed by atoms with Gasteiger partial charge in [0.05, 0.1) is 11.1 Å². The first-order valence-electron chi connectivity index (χ1n) is 9.86. The van der Waals surface area contributed by atoms with E-state index in [-0.39, 0.29) is 5.69 Å². The van der Waals surface area contributed by atoms with Crippen molar-refractivity contribution in [2.45, 2.75) is 13.1 Å². The summed E-state index contributed by atoms with van der Waals surface area (Å²) >= 11 is 0. The first-order valence-corrected chi connectivity index (χ1v) is 9.86. The molecule has 34 heavy (non-hydrogen) atoms. The van der Waals surface area contributed by atoms with Gasteiger partial charge in [-0.1, -0.05) is 6.07 Å². The fourth-order valence-corrected chi connectivity index (χ4v) is 3.34. The topological polar surface area (TPSA) is 79.8 Å².